The minimum absolute atomic E-state index is 0.0184. The number of thioether (sulfide) groups is 1. The van der Waals surface area contributed by atoms with Crippen molar-refractivity contribution < 1.29 is 9.53 Å². The van der Waals surface area contributed by atoms with Gasteiger partial charge in [0.15, 0.2) is 0 Å². The van der Waals surface area contributed by atoms with Crippen LogP contribution in [-0.2, 0) is 17.1 Å². The maximum Gasteiger partial charge on any atom is 0.230 e. The molecule has 0 aliphatic heterocycles. The molecule has 0 radical (unpaired) electrons. The van der Waals surface area contributed by atoms with E-state index in [1.165, 1.54) is 0 Å². The van der Waals surface area contributed by atoms with Gasteiger partial charge in [-0.05, 0) is 23.8 Å². The standard InChI is InChI=1S/C17H18ClNO2S/c1-21-16-5-3-2-4-14(16)10-19-17(20)12-22-11-13-6-8-15(18)9-7-13/h2-9H,10-12H2,1H3,(H,19,20). The van der Waals surface area contributed by atoms with E-state index in [-0.39, 0.29) is 5.91 Å². The summed E-state index contributed by atoms with van der Waals surface area (Å²) in [5, 5.41) is 3.63. The molecular weight excluding hydrogens is 318 g/mol. The lowest BCUT2D eigenvalue weighted by atomic mass is 10.2. The predicted octanol–water partition coefficient (Wildman–Crippen LogP) is 3.90. The normalized spacial score (nSPS) is 10.3. The van der Waals surface area contributed by atoms with Gasteiger partial charge in [0.05, 0.1) is 12.9 Å². The van der Waals surface area contributed by atoms with Crippen LogP contribution in [0, 0.1) is 0 Å². The minimum Gasteiger partial charge on any atom is -0.496 e. The molecule has 5 heteroatoms. The molecule has 0 fully saturated rings. The van der Waals surface area contributed by atoms with Gasteiger partial charge in [-0.2, -0.15) is 0 Å². The van der Waals surface area contributed by atoms with Crippen molar-refractivity contribution in [1.29, 1.82) is 0 Å². The fourth-order valence-corrected chi connectivity index (χ4v) is 2.88. The lowest BCUT2D eigenvalue weighted by Crippen LogP contribution is -2.24. The third-order valence-electron chi connectivity index (χ3n) is 3.08. The maximum absolute atomic E-state index is 11.9. The molecule has 2 aromatic rings. The number of hydrogen-bond donors (Lipinski definition) is 1. The van der Waals surface area contributed by atoms with Crippen LogP contribution in [0.25, 0.3) is 0 Å². The SMILES string of the molecule is COc1ccccc1CNC(=O)CSCc1ccc(Cl)cc1. The molecule has 3 nitrogen and oxygen atoms in total. The summed E-state index contributed by atoms with van der Waals surface area (Å²) in [4.78, 5) is 11.9. The van der Waals surface area contributed by atoms with Crippen LogP contribution in [0.15, 0.2) is 48.5 Å². The highest BCUT2D eigenvalue weighted by molar-refractivity contribution is 7.99. The number of para-hydroxylation sites is 1. The summed E-state index contributed by atoms with van der Waals surface area (Å²) in [5.74, 6) is 2.03. The lowest BCUT2D eigenvalue weighted by molar-refractivity contribution is -0.118. The molecular formula is C17H18ClNO2S. The number of ether oxygens (including phenoxy) is 1. The molecule has 0 saturated heterocycles. The Morgan fingerprint density at radius 2 is 1.91 bits per heavy atom. The summed E-state index contributed by atoms with van der Waals surface area (Å²) in [6.07, 6.45) is 0. The molecule has 2 rings (SSSR count). The first-order valence-electron chi connectivity index (χ1n) is 6.90. The Morgan fingerprint density at radius 3 is 2.64 bits per heavy atom. The summed E-state index contributed by atoms with van der Waals surface area (Å²) in [6.45, 7) is 0.477. The van der Waals surface area contributed by atoms with Gasteiger partial charge in [0.25, 0.3) is 0 Å². The van der Waals surface area contributed by atoms with E-state index in [1.807, 2.05) is 48.5 Å². The molecule has 0 spiro atoms. The second-order valence-electron chi connectivity index (χ2n) is 4.71. The van der Waals surface area contributed by atoms with Crippen molar-refractivity contribution in [2.45, 2.75) is 12.3 Å². The summed E-state index contributed by atoms with van der Waals surface area (Å²) in [6, 6.07) is 15.3. The van der Waals surface area contributed by atoms with Crippen molar-refractivity contribution in [1.82, 2.24) is 5.32 Å². The predicted molar refractivity (Wildman–Crippen MR) is 92.5 cm³/mol. The average molecular weight is 336 g/mol. The van der Waals surface area contributed by atoms with Crippen molar-refractivity contribution >= 4 is 29.3 Å². The quantitative estimate of drug-likeness (QED) is 0.834. The Balaban J connectivity index is 1.73. The van der Waals surface area contributed by atoms with E-state index in [0.717, 1.165) is 27.7 Å². The first-order valence-corrected chi connectivity index (χ1v) is 8.43. The largest absolute Gasteiger partial charge is 0.496 e. The highest BCUT2D eigenvalue weighted by Gasteiger charge is 2.05. The molecule has 0 unspecified atom stereocenters. The Morgan fingerprint density at radius 1 is 1.18 bits per heavy atom. The van der Waals surface area contributed by atoms with Crippen molar-refractivity contribution in [3.8, 4) is 5.75 Å². The van der Waals surface area contributed by atoms with E-state index in [2.05, 4.69) is 5.32 Å². The zero-order valence-electron chi connectivity index (χ0n) is 12.3. The van der Waals surface area contributed by atoms with E-state index in [4.69, 9.17) is 16.3 Å². The third-order valence-corrected chi connectivity index (χ3v) is 4.34. The fraction of sp³-hybridized carbons (Fsp3) is 0.235. The molecule has 116 valence electrons. The highest BCUT2D eigenvalue weighted by Crippen LogP contribution is 2.17. The first kappa shape index (κ1) is 16.7. The lowest BCUT2D eigenvalue weighted by Gasteiger charge is -2.09. The molecule has 0 bridgehead atoms. The number of methoxy groups -OCH3 is 1. The van der Waals surface area contributed by atoms with Crippen molar-refractivity contribution in [2.24, 2.45) is 0 Å². The van der Waals surface area contributed by atoms with Gasteiger partial charge >= 0.3 is 0 Å². The van der Waals surface area contributed by atoms with E-state index in [1.54, 1.807) is 18.9 Å². The monoisotopic (exact) mass is 335 g/mol. The number of hydrogen-bond acceptors (Lipinski definition) is 3. The summed E-state index contributed by atoms with van der Waals surface area (Å²) in [7, 11) is 1.63. The van der Waals surface area contributed by atoms with Crippen LogP contribution < -0.4 is 10.1 Å². The third kappa shape index (κ3) is 5.28. The van der Waals surface area contributed by atoms with Crippen LogP contribution in [-0.4, -0.2) is 18.8 Å². The Bertz CT molecular complexity index is 616. The second kappa shape index (κ2) is 8.71. The molecule has 1 amide bonds. The molecule has 0 saturated carbocycles. The van der Waals surface area contributed by atoms with E-state index < -0.39 is 0 Å². The Labute approximate surface area is 140 Å². The minimum atomic E-state index is 0.0184. The van der Waals surface area contributed by atoms with Crippen LogP contribution in [0.1, 0.15) is 11.1 Å². The number of amides is 1. The number of benzene rings is 2. The summed E-state index contributed by atoms with van der Waals surface area (Å²) < 4.78 is 5.26. The number of halogens is 1. The topological polar surface area (TPSA) is 38.3 Å². The van der Waals surface area contributed by atoms with Crippen molar-refractivity contribution in [3.05, 3.63) is 64.7 Å². The second-order valence-corrected chi connectivity index (χ2v) is 6.13. The van der Waals surface area contributed by atoms with Crippen LogP contribution in [0.3, 0.4) is 0 Å². The van der Waals surface area contributed by atoms with Crippen molar-refractivity contribution in [3.63, 3.8) is 0 Å². The van der Waals surface area contributed by atoms with Gasteiger partial charge in [-0.3, -0.25) is 4.79 Å². The molecule has 0 heterocycles. The fourth-order valence-electron chi connectivity index (χ4n) is 1.94. The average Bonchev–Trinajstić information content (AvgIpc) is 2.55. The van der Waals surface area contributed by atoms with Crippen LogP contribution in [0.2, 0.25) is 5.02 Å². The van der Waals surface area contributed by atoms with Crippen molar-refractivity contribution in [2.75, 3.05) is 12.9 Å². The Hall–Kier alpha value is -1.65. The van der Waals surface area contributed by atoms with Gasteiger partial charge in [-0.1, -0.05) is 41.9 Å². The number of carbonyl (C=O) groups is 1. The number of rotatable bonds is 7. The van der Waals surface area contributed by atoms with Crippen LogP contribution >= 0.6 is 23.4 Å². The summed E-state index contributed by atoms with van der Waals surface area (Å²) in [5.41, 5.74) is 2.13. The molecule has 1 N–H and O–H groups in total. The van der Waals surface area contributed by atoms with Crippen LogP contribution in [0.5, 0.6) is 5.75 Å². The van der Waals surface area contributed by atoms with Gasteiger partial charge in [0, 0.05) is 22.9 Å². The molecule has 2 aromatic carbocycles. The van der Waals surface area contributed by atoms with Gasteiger partial charge < -0.3 is 10.1 Å². The Kier molecular flexibility index (Phi) is 6.62. The van der Waals surface area contributed by atoms with Gasteiger partial charge in [0.1, 0.15) is 5.75 Å². The number of carbonyl (C=O) groups excluding carboxylic acids is 1. The van der Waals surface area contributed by atoms with Crippen LogP contribution in [0.4, 0.5) is 0 Å². The first-order chi connectivity index (χ1) is 10.7. The molecule has 0 aliphatic rings. The smallest absolute Gasteiger partial charge is 0.230 e. The zero-order chi connectivity index (χ0) is 15.8. The zero-order valence-corrected chi connectivity index (χ0v) is 13.9. The van der Waals surface area contributed by atoms with Gasteiger partial charge in [-0.15, -0.1) is 11.8 Å². The van der Waals surface area contributed by atoms with Gasteiger partial charge in [0.2, 0.25) is 5.91 Å². The highest BCUT2D eigenvalue weighted by atomic mass is 35.5. The van der Waals surface area contributed by atoms with E-state index in [9.17, 15) is 4.79 Å². The number of nitrogens with one attached hydrogen (secondary N) is 1. The van der Waals surface area contributed by atoms with Gasteiger partial charge in [-0.25, -0.2) is 0 Å². The maximum atomic E-state index is 11.9. The molecule has 22 heavy (non-hydrogen) atoms. The van der Waals surface area contributed by atoms with E-state index >= 15 is 0 Å². The summed E-state index contributed by atoms with van der Waals surface area (Å²) >= 11 is 7.42. The molecule has 0 atom stereocenters. The molecule has 0 aromatic heterocycles. The molecule has 0 aliphatic carbocycles. The van der Waals surface area contributed by atoms with E-state index in [0.29, 0.717) is 12.3 Å².